The first-order chi connectivity index (χ1) is 11.5. The van der Waals surface area contributed by atoms with Crippen LogP contribution in [0.3, 0.4) is 0 Å². The van der Waals surface area contributed by atoms with Crippen molar-refractivity contribution >= 4 is 11.8 Å². The van der Waals surface area contributed by atoms with Crippen molar-refractivity contribution in [2.24, 2.45) is 11.8 Å². The number of hydrogen-bond donors (Lipinski definition) is 1. The van der Waals surface area contributed by atoms with Crippen molar-refractivity contribution < 1.29 is 9.59 Å². The second-order valence-electron chi connectivity index (χ2n) is 7.44. The SMILES string of the molecule is CC(C)c1nccn1CC(=O)N1CCC[C@H](C(=O)NCC2CC2)C1. The molecule has 1 saturated heterocycles. The summed E-state index contributed by atoms with van der Waals surface area (Å²) in [6.45, 7) is 6.55. The Morgan fingerprint density at radius 1 is 1.33 bits per heavy atom. The number of rotatable bonds is 6. The van der Waals surface area contributed by atoms with Crippen molar-refractivity contribution in [2.45, 2.75) is 52.0 Å². The fraction of sp³-hybridized carbons (Fsp3) is 0.722. The summed E-state index contributed by atoms with van der Waals surface area (Å²) in [7, 11) is 0. The zero-order valence-electron chi connectivity index (χ0n) is 14.7. The molecule has 1 aromatic heterocycles. The third-order valence-corrected chi connectivity index (χ3v) is 4.98. The maximum atomic E-state index is 12.6. The summed E-state index contributed by atoms with van der Waals surface area (Å²) in [5.74, 6) is 2.04. The van der Waals surface area contributed by atoms with Crippen LogP contribution in [0.2, 0.25) is 0 Å². The van der Waals surface area contributed by atoms with Gasteiger partial charge in [-0.25, -0.2) is 4.98 Å². The molecule has 1 aliphatic carbocycles. The maximum absolute atomic E-state index is 12.6. The smallest absolute Gasteiger partial charge is 0.242 e. The molecule has 1 atom stereocenters. The van der Waals surface area contributed by atoms with E-state index < -0.39 is 0 Å². The van der Waals surface area contributed by atoms with E-state index in [0.29, 0.717) is 19.0 Å². The van der Waals surface area contributed by atoms with E-state index in [9.17, 15) is 9.59 Å². The summed E-state index contributed by atoms with van der Waals surface area (Å²) in [6, 6.07) is 0. The van der Waals surface area contributed by atoms with E-state index in [1.54, 1.807) is 6.20 Å². The van der Waals surface area contributed by atoms with Crippen LogP contribution in [0.1, 0.15) is 51.3 Å². The molecule has 0 aromatic carbocycles. The molecule has 2 aliphatic rings. The fourth-order valence-electron chi connectivity index (χ4n) is 3.33. The third kappa shape index (κ3) is 4.16. The van der Waals surface area contributed by atoms with Gasteiger partial charge in [-0.1, -0.05) is 13.8 Å². The van der Waals surface area contributed by atoms with Gasteiger partial charge in [-0.2, -0.15) is 0 Å². The molecule has 3 rings (SSSR count). The van der Waals surface area contributed by atoms with Crippen molar-refractivity contribution in [1.29, 1.82) is 0 Å². The highest BCUT2D eigenvalue weighted by Crippen LogP contribution is 2.28. The van der Waals surface area contributed by atoms with Gasteiger partial charge in [0.15, 0.2) is 0 Å². The maximum Gasteiger partial charge on any atom is 0.242 e. The van der Waals surface area contributed by atoms with Crippen molar-refractivity contribution in [1.82, 2.24) is 19.8 Å². The lowest BCUT2D eigenvalue weighted by Gasteiger charge is -2.32. The molecular formula is C18H28N4O2. The molecule has 1 saturated carbocycles. The Labute approximate surface area is 143 Å². The number of carbonyl (C=O) groups excluding carboxylic acids is 2. The van der Waals surface area contributed by atoms with Crippen LogP contribution >= 0.6 is 0 Å². The van der Waals surface area contributed by atoms with Gasteiger partial charge in [0.2, 0.25) is 11.8 Å². The Morgan fingerprint density at radius 2 is 2.12 bits per heavy atom. The largest absolute Gasteiger partial charge is 0.356 e. The monoisotopic (exact) mass is 332 g/mol. The van der Waals surface area contributed by atoms with Crippen LogP contribution in [0.25, 0.3) is 0 Å². The van der Waals surface area contributed by atoms with Crippen molar-refractivity contribution in [2.75, 3.05) is 19.6 Å². The number of nitrogens with zero attached hydrogens (tertiary/aromatic N) is 3. The van der Waals surface area contributed by atoms with Crippen molar-refractivity contribution in [3.8, 4) is 0 Å². The van der Waals surface area contributed by atoms with E-state index in [0.717, 1.165) is 31.8 Å². The Hall–Kier alpha value is -1.85. The van der Waals surface area contributed by atoms with E-state index in [1.165, 1.54) is 12.8 Å². The van der Waals surface area contributed by atoms with Gasteiger partial charge in [0, 0.05) is 37.9 Å². The summed E-state index contributed by atoms with van der Waals surface area (Å²) < 4.78 is 1.92. The van der Waals surface area contributed by atoms with Gasteiger partial charge in [0.1, 0.15) is 12.4 Å². The number of carbonyl (C=O) groups is 2. The Balaban J connectivity index is 1.54. The highest BCUT2D eigenvalue weighted by molar-refractivity contribution is 5.81. The molecule has 6 heteroatoms. The molecule has 0 unspecified atom stereocenters. The van der Waals surface area contributed by atoms with Gasteiger partial charge < -0.3 is 14.8 Å². The van der Waals surface area contributed by atoms with Gasteiger partial charge in [-0.15, -0.1) is 0 Å². The Morgan fingerprint density at radius 3 is 2.83 bits per heavy atom. The van der Waals surface area contributed by atoms with E-state index in [2.05, 4.69) is 24.1 Å². The van der Waals surface area contributed by atoms with Crippen molar-refractivity contribution in [3.05, 3.63) is 18.2 Å². The van der Waals surface area contributed by atoms with Crippen LogP contribution in [-0.2, 0) is 16.1 Å². The minimum absolute atomic E-state index is 0.0613. The first kappa shape index (κ1) is 17.0. The summed E-state index contributed by atoms with van der Waals surface area (Å²) in [4.78, 5) is 31.1. The highest BCUT2D eigenvalue weighted by atomic mass is 16.2. The number of nitrogens with one attached hydrogen (secondary N) is 1. The minimum Gasteiger partial charge on any atom is -0.356 e. The lowest BCUT2D eigenvalue weighted by molar-refractivity contribution is -0.136. The topological polar surface area (TPSA) is 67.2 Å². The van der Waals surface area contributed by atoms with Crippen LogP contribution in [0.5, 0.6) is 0 Å². The normalized spacial score (nSPS) is 21.1. The molecule has 1 N–H and O–H groups in total. The number of imidazole rings is 1. The molecule has 1 aliphatic heterocycles. The van der Waals surface area contributed by atoms with Crippen molar-refractivity contribution in [3.63, 3.8) is 0 Å². The van der Waals surface area contributed by atoms with Gasteiger partial charge >= 0.3 is 0 Å². The van der Waals surface area contributed by atoms with E-state index >= 15 is 0 Å². The standard InChI is InChI=1S/C18H28N4O2/c1-13(2)17-19-7-9-22(17)12-16(23)21-8-3-4-15(11-21)18(24)20-10-14-5-6-14/h7,9,13-15H,3-6,8,10-12H2,1-2H3,(H,20,24)/t15-/m0/s1. The summed E-state index contributed by atoms with van der Waals surface area (Å²) in [5, 5.41) is 3.05. The van der Waals surface area contributed by atoms with Crippen LogP contribution in [0, 0.1) is 11.8 Å². The zero-order chi connectivity index (χ0) is 17.1. The van der Waals surface area contributed by atoms with E-state index in [-0.39, 0.29) is 23.7 Å². The second kappa shape index (κ2) is 7.36. The summed E-state index contributed by atoms with van der Waals surface area (Å²) in [6.07, 6.45) is 7.85. The Bertz CT molecular complexity index is 592. The Kier molecular flexibility index (Phi) is 5.21. The molecular weight excluding hydrogens is 304 g/mol. The van der Waals surface area contributed by atoms with Crippen LogP contribution in [0.15, 0.2) is 12.4 Å². The molecule has 0 radical (unpaired) electrons. The third-order valence-electron chi connectivity index (χ3n) is 4.98. The average Bonchev–Trinajstić information content (AvgIpc) is 3.29. The number of likely N-dealkylation sites (tertiary alicyclic amines) is 1. The van der Waals surface area contributed by atoms with E-state index in [4.69, 9.17) is 0 Å². The van der Waals surface area contributed by atoms with Crippen LogP contribution in [-0.4, -0.2) is 45.9 Å². The molecule has 0 bridgehead atoms. The lowest BCUT2D eigenvalue weighted by Crippen LogP contribution is -2.46. The summed E-state index contributed by atoms with van der Waals surface area (Å²) >= 11 is 0. The predicted octanol–water partition coefficient (Wildman–Crippen LogP) is 1.77. The number of hydrogen-bond acceptors (Lipinski definition) is 3. The van der Waals surface area contributed by atoms with Gasteiger partial charge in [-0.3, -0.25) is 9.59 Å². The zero-order valence-corrected chi connectivity index (χ0v) is 14.7. The number of amides is 2. The number of aromatic nitrogens is 2. The molecule has 2 heterocycles. The molecule has 6 nitrogen and oxygen atoms in total. The van der Waals surface area contributed by atoms with Crippen LogP contribution in [0.4, 0.5) is 0 Å². The molecule has 2 fully saturated rings. The number of piperidine rings is 1. The molecule has 24 heavy (non-hydrogen) atoms. The predicted molar refractivity (Wildman–Crippen MR) is 91.4 cm³/mol. The van der Waals surface area contributed by atoms with Gasteiger partial charge in [0.05, 0.1) is 5.92 Å². The quantitative estimate of drug-likeness (QED) is 0.863. The van der Waals surface area contributed by atoms with Gasteiger partial charge in [0.25, 0.3) is 0 Å². The first-order valence-electron chi connectivity index (χ1n) is 9.11. The molecule has 1 aromatic rings. The second-order valence-corrected chi connectivity index (χ2v) is 7.44. The highest BCUT2D eigenvalue weighted by Gasteiger charge is 2.30. The minimum atomic E-state index is -0.0613. The van der Waals surface area contributed by atoms with Crippen LogP contribution < -0.4 is 5.32 Å². The van der Waals surface area contributed by atoms with E-state index in [1.807, 2.05) is 15.7 Å². The summed E-state index contributed by atoms with van der Waals surface area (Å²) in [5.41, 5.74) is 0. The molecule has 132 valence electrons. The first-order valence-corrected chi connectivity index (χ1v) is 9.11. The average molecular weight is 332 g/mol. The lowest BCUT2D eigenvalue weighted by atomic mass is 9.97. The molecule has 0 spiro atoms. The fourth-order valence-corrected chi connectivity index (χ4v) is 3.33. The molecule has 2 amide bonds. The van der Waals surface area contributed by atoms with Gasteiger partial charge in [-0.05, 0) is 31.6 Å².